The number of hydrogen-bond acceptors (Lipinski definition) is 5. The lowest BCUT2D eigenvalue weighted by atomic mass is 9.74. The summed E-state index contributed by atoms with van der Waals surface area (Å²) in [7, 11) is 2.00. The van der Waals surface area contributed by atoms with E-state index in [1.54, 1.807) is 23.1 Å². The first-order chi connectivity index (χ1) is 20.3. The van der Waals surface area contributed by atoms with Gasteiger partial charge >= 0.3 is 0 Å². The zero-order valence-electron chi connectivity index (χ0n) is 23.6. The average molecular weight is 612 g/mol. The van der Waals surface area contributed by atoms with Gasteiger partial charge < -0.3 is 25.2 Å². The van der Waals surface area contributed by atoms with Crippen molar-refractivity contribution in [3.8, 4) is 0 Å². The van der Waals surface area contributed by atoms with Gasteiger partial charge in [-0.3, -0.25) is 14.4 Å². The minimum absolute atomic E-state index is 0.0794. The third kappa shape index (κ3) is 5.46. The molecular weight excluding hydrogens is 575 g/mol. The smallest absolute Gasteiger partial charge is 0.246 e. The molecule has 2 saturated heterocycles. The Bertz CT molecular complexity index is 1380. The Labute approximate surface area is 256 Å². The molecule has 8 nitrogen and oxygen atoms in total. The molecule has 3 fully saturated rings. The topological polar surface area (TPSA) is 91.0 Å². The molecule has 222 valence electrons. The van der Waals surface area contributed by atoms with Gasteiger partial charge in [-0.15, -0.1) is 0 Å². The van der Waals surface area contributed by atoms with Gasteiger partial charge in [-0.05, 0) is 43.7 Å². The number of hydrogen-bond donors (Lipinski definition) is 2. The van der Waals surface area contributed by atoms with Crippen LogP contribution in [-0.2, 0) is 25.7 Å². The SMILES string of the molecule is CN(CCN1C(=O)[C@@H]2[C@@H](C(=O)Nc3ccc(Cl)c(Cl)c3)[C@@H]3C=C[C@@]2(O3)[C@@H]1C(=O)NC1CCCCC1)Cc1ccccc1. The molecule has 3 heterocycles. The molecule has 42 heavy (non-hydrogen) atoms. The van der Waals surface area contributed by atoms with Crippen LogP contribution in [0, 0.1) is 11.8 Å². The van der Waals surface area contributed by atoms with Crippen molar-refractivity contribution in [1.29, 1.82) is 0 Å². The van der Waals surface area contributed by atoms with Crippen molar-refractivity contribution < 1.29 is 19.1 Å². The second kappa shape index (κ2) is 12.0. The largest absolute Gasteiger partial charge is 0.359 e. The Morgan fingerprint density at radius 2 is 1.81 bits per heavy atom. The third-order valence-electron chi connectivity index (χ3n) is 9.08. The van der Waals surface area contributed by atoms with Crippen molar-refractivity contribution in [3.05, 3.63) is 76.3 Å². The van der Waals surface area contributed by atoms with Gasteiger partial charge in [0.1, 0.15) is 11.6 Å². The quantitative estimate of drug-likeness (QED) is 0.403. The van der Waals surface area contributed by atoms with Crippen molar-refractivity contribution in [1.82, 2.24) is 15.1 Å². The number of anilines is 1. The number of benzene rings is 2. The van der Waals surface area contributed by atoms with Crippen LogP contribution in [0.3, 0.4) is 0 Å². The number of likely N-dealkylation sites (N-methyl/N-ethyl adjacent to an activating group) is 1. The molecule has 3 amide bonds. The summed E-state index contributed by atoms with van der Waals surface area (Å²) in [6, 6.07) is 14.2. The Hall–Kier alpha value is -2.91. The summed E-state index contributed by atoms with van der Waals surface area (Å²) >= 11 is 12.2. The minimum Gasteiger partial charge on any atom is -0.359 e. The molecule has 1 spiro atoms. The second-order valence-electron chi connectivity index (χ2n) is 11.9. The van der Waals surface area contributed by atoms with E-state index in [1.807, 2.05) is 37.4 Å². The molecule has 0 radical (unpaired) electrons. The van der Waals surface area contributed by atoms with E-state index < -0.39 is 29.6 Å². The first-order valence-corrected chi connectivity index (χ1v) is 15.5. The van der Waals surface area contributed by atoms with Crippen LogP contribution in [0.4, 0.5) is 5.69 Å². The highest BCUT2D eigenvalue weighted by Crippen LogP contribution is 2.55. The van der Waals surface area contributed by atoms with E-state index in [1.165, 1.54) is 12.0 Å². The Balaban J connectivity index is 1.25. The molecule has 6 rings (SSSR count). The number of ether oxygens (including phenoxy) is 1. The van der Waals surface area contributed by atoms with Crippen molar-refractivity contribution in [3.63, 3.8) is 0 Å². The lowest BCUT2D eigenvalue weighted by Crippen LogP contribution is -2.57. The summed E-state index contributed by atoms with van der Waals surface area (Å²) < 4.78 is 6.47. The van der Waals surface area contributed by atoms with Crippen molar-refractivity contribution in [2.75, 3.05) is 25.5 Å². The number of carbonyl (C=O) groups is 3. The summed E-state index contributed by atoms with van der Waals surface area (Å²) in [5, 5.41) is 6.83. The molecule has 0 aromatic heterocycles. The molecule has 4 aliphatic rings. The Morgan fingerprint density at radius 1 is 1.05 bits per heavy atom. The number of nitrogens with zero attached hydrogens (tertiary/aromatic N) is 2. The maximum Gasteiger partial charge on any atom is 0.246 e. The van der Waals surface area contributed by atoms with Gasteiger partial charge in [0.15, 0.2) is 0 Å². The average Bonchev–Trinajstić information content (AvgIpc) is 3.62. The maximum atomic E-state index is 14.2. The summed E-state index contributed by atoms with van der Waals surface area (Å²) in [5.74, 6) is -2.38. The molecule has 5 atom stereocenters. The zero-order valence-corrected chi connectivity index (χ0v) is 25.1. The summed E-state index contributed by atoms with van der Waals surface area (Å²) in [6.07, 6.45) is 8.25. The standard InChI is InChI=1S/C32H36Cl2N4O4/c1-37(19-20-8-4-2-5-9-20)16-17-38-28(30(40)35-21-10-6-3-7-11-21)32-15-14-25(42-32)26(27(32)31(38)41)29(39)36-22-12-13-23(33)24(34)18-22/h2,4-5,8-9,12-15,18,21,25-28H,3,6-7,10-11,16-17,19H2,1H3,(H,35,40)(H,36,39)/t25-,26-,27-,28-,32-/m0/s1. The summed E-state index contributed by atoms with van der Waals surface area (Å²) in [5.41, 5.74) is 0.448. The number of carbonyl (C=O) groups excluding carboxylic acids is 3. The highest BCUT2D eigenvalue weighted by molar-refractivity contribution is 6.42. The van der Waals surface area contributed by atoms with E-state index in [4.69, 9.17) is 27.9 Å². The minimum atomic E-state index is -1.20. The number of fused-ring (bicyclic) bond motifs is 1. The van der Waals surface area contributed by atoms with E-state index in [2.05, 4.69) is 27.7 Å². The molecule has 1 saturated carbocycles. The van der Waals surface area contributed by atoms with Gasteiger partial charge in [0, 0.05) is 31.4 Å². The van der Waals surface area contributed by atoms with Crippen LogP contribution in [0.25, 0.3) is 0 Å². The van der Waals surface area contributed by atoms with E-state index in [9.17, 15) is 14.4 Å². The van der Waals surface area contributed by atoms with Crippen LogP contribution in [-0.4, -0.2) is 71.4 Å². The Morgan fingerprint density at radius 3 is 2.55 bits per heavy atom. The highest BCUT2D eigenvalue weighted by atomic mass is 35.5. The van der Waals surface area contributed by atoms with Gasteiger partial charge in [0.25, 0.3) is 0 Å². The molecule has 2 bridgehead atoms. The van der Waals surface area contributed by atoms with E-state index in [-0.39, 0.29) is 23.8 Å². The van der Waals surface area contributed by atoms with E-state index >= 15 is 0 Å². The number of likely N-dealkylation sites (tertiary alicyclic amines) is 1. The first kappa shape index (κ1) is 29.2. The number of nitrogens with one attached hydrogen (secondary N) is 2. The second-order valence-corrected chi connectivity index (χ2v) is 12.7. The van der Waals surface area contributed by atoms with Crippen LogP contribution in [0.1, 0.15) is 37.7 Å². The molecular formula is C32H36Cl2N4O4. The van der Waals surface area contributed by atoms with Gasteiger partial charge in [-0.1, -0.05) is 84.9 Å². The summed E-state index contributed by atoms with van der Waals surface area (Å²) in [6.45, 7) is 1.61. The number of rotatable bonds is 9. The predicted octanol–water partition coefficient (Wildman–Crippen LogP) is 4.66. The normalized spacial score (nSPS) is 28.4. The maximum absolute atomic E-state index is 14.2. The fraction of sp³-hybridized carbons (Fsp3) is 0.469. The molecule has 0 unspecified atom stereocenters. The van der Waals surface area contributed by atoms with Gasteiger partial charge in [0.2, 0.25) is 17.7 Å². The molecule has 1 aliphatic carbocycles. The monoisotopic (exact) mass is 610 g/mol. The highest BCUT2D eigenvalue weighted by Gasteiger charge is 2.72. The Kier molecular flexibility index (Phi) is 8.33. The zero-order chi connectivity index (χ0) is 29.4. The van der Waals surface area contributed by atoms with Crippen LogP contribution in [0.2, 0.25) is 10.0 Å². The van der Waals surface area contributed by atoms with Gasteiger partial charge in [0.05, 0.1) is 28.0 Å². The molecule has 2 N–H and O–H groups in total. The van der Waals surface area contributed by atoms with Crippen molar-refractivity contribution in [2.45, 2.75) is 62.4 Å². The molecule has 2 aromatic carbocycles. The summed E-state index contributed by atoms with van der Waals surface area (Å²) in [4.78, 5) is 45.7. The van der Waals surface area contributed by atoms with Crippen molar-refractivity contribution >= 4 is 46.6 Å². The van der Waals surface area contributed by atoms with Gasteiger partial charge in [-0.2, -0.15) is 0 Å². The lowest BCUT2D eigenvalue weighted by molar-refractivity contribution is -0.141. The fourth-order valence-corrected chi connectivity index (χ4v) is 7.39. The molecule has 10 heteroatoms. The fourth-order valence-electron chi connectivity index (χ4n) is 7.09. The van der Waals surface area contributed by atoms with Crippen LogP contribution >= 0.6 is 23.2 Å². The van der Waals surface area contributed by atoms with Crippen molar-refractivity contribution in [2.24, 2.45) is 11.8 Å². The van der Waals surface area contributed by atoms with Gasteiger partial charge in [-0.25, -0.2) is 0 Å². The van der Waals surface area contributed by atoms with E-state index in [0.717, 1.165) is 25.7 Å². The van der Waals surface area contributed by atoms with E-state index in [0.29, 0.717) is 35.4 Å². The van der Waals surface area contributed by atoms with Crippen LogP contribution in [0.5, 0.6) is 0 Å². The van der Waals surface area contributed by atoms with Crippen LogP contribution < -0.4 is 10.6 Å². The third-order valence-corrected chi connectivity index (χ3v) is 9.82. The number of halogens is 2. The predicted molar refractivity (Wildman–Crippen MR) is 162 cm³/mol. The lowest BCUT2D eigenvalue weighted by Gasteiger charge is -2.34. The number of amides is 3. The first-order valence-electron chi connectivity index (χ1n) is 14.7. The molecule has 3 aliphatic heterocycles. The molecule has 2 aromatic rings. The van der Waals surface area contributed by atoms with Crippen LogP contribution in [0.15, 0.2) is 60.7 Å².